The maximum atomic E-state index is 13.0. The molecule has 108 valence electrons. The summed E-state index contributed by atoms with van der Waals surface area (Å²) in [6.45, 7) is 1.41. The number of Topliss-reactive ketones (excluding diaryl/α,β-unsaturated/α-hetero) is 1. The standard InChI is InChI=1S/C16H12F2O3/c1-10(15(19)11-5-7-13(17)8-6-11)21-16(20)12-3-2-4-14(18)9-12/h2-10H,1H3/t10-/m1/s1. The van der Waals surface area contributed by atoms with E-state index in [2.05, 4.69) is 0 Å². The number of esters is 1. The van der Waals surface area contributed by atoms with Gasteiger partial charge in [0.15, 0.2) is 6.10 Å². The van der Waals surface area contributed by atoms with Crippen molar-refractivity contribution in [1.29, 1.82) is 0 Å². The topological polar surface area (TPSA) is 43.4 Å². The number of ketones is 1. The van der Waals surface area contributed by atoms with Gasteiger partial charge in [-0.2, -0.15) is 0 Å². The highest BCUT2D eigenvalue weighted by molar-refractivity contribution is 6.01. The zero-order valence-electron chi connectivity index (χ0n) is 11.2. The van der Waals surface area contributed by atoms with Crippen LogP contribution < -0.4 is 0 Å². The van der Waals surface area contributed by atoms with Crippen LogP contribution in [0.5, 0.6) is 0 Å². The lowest BCUT2D eigenvalue weighted by Gasteiger charge is -2.12. The Bertz CT molecular complexity index is 665. The summed E-state index contributed by atoms with van der Waals surface area (Å²) in [5.74, 6) is -2.28. The lowest BCUT2D eigenvalue weighted by molar-refractivity contribution is 0.0318. The van der Waals surface area contributed by atoms with Gasteiger partial charge in [-0.05, 0) is 49.4 Å². The van der Waals surface area contributed by atoms with Gasteiger partial charge in [0.25, 0.3) is 0 Å². The molecule has 0 aliphatic carbocycles. The lowest BCUT2D eigenvalue weighted by atomic mass is 10.1. The lowest BCUT2D eigenvalue weighted by Crippen LogP contribution is -2.24. The predicted octanol–water partition coefficient (Wildman–Crippen LogP) is 3.39. The summed E-state index contributed by atoms with van der Waals surface area (Å²) >= 11 is 0. The Morgan fingerprint density at radius 3 is 2.24 bits per heavy atom. The van der Waals surface area contributed by atoms with Crippen molar-refractivity contribution in [2.75, 3.05) is 0 Å². The zero-order chi connectivity index (χ0) is 15.4. The van der Waals surface area contributed by atoms with E-state index < -0.39 is 29.5 Å². The summed E-state index contributed by atoms with van der Waals surface area (Å²) in [6, 6.07) is 9.90. The summed E-state index contributed by atoms with van der Waals surface area (Å²) in [5.41, 5.74) is 0.254. The van der Waals surface area contributed by atoms with Crippen molar-refractivity contribution in [3.8, 4) is 0 Å². The number of halogens is 2. The molecule has 0 bridgehead atoms. The van der Waals surface area contributed by atoms with Gasteiger partial charge >= 0.3 is 5.97 Å². The molecule has 0 radical (unpaired) electrons. The molecular formula is C16H12F2O3. The van der Waals surface area contributed by atoms with Gasteiger partial charge in [-0.3, -0.25) is 4.79 Å². The van der Waals surface area contributed by atoms with E-state index in [-0.39, 0.29) is 11.1 Å². The van der Waals surface area contributed by atoms with Crippen molar-refractivity contribution in [3.05, 3.63) is 71.3 Å². The van der Waals surface area contributed by atoms with Gasteiger partial charge in [0.05, 0.1) is 5.56 Å². The molecule has 0 saturated heterocycles. The first kappa shape index (κ1) is 14.8. The van der Waals surface area contributed by atoms with Crippen LogP contribution >= 0.6 is 0 Å². The van der Waals surface area contributed by atoms with E-state index in [1.807, 2.05) is 0 Å². The van der Waals surface area contributed by atoms with Crippen LogP contribution in [0.2, 0.25) is 0 Å². The minimum atomic E-state index is -1.05. The Labute approximate surface area is 120 Å². The number of hydrogen-bond donors (Lipinski definition) is 0. The molecule has 0 saturated carbocycles. The van der Waals surface area contributed by atoms with Gasteiger partial charge in [-0.1, -0.05) is 6.07 Å². The second-order valence-corrected chi connectivity index (χ2v) is 4.43. The highest BCUT2D eigenvalue weighted by Crippen LogP contribution is 2.11. The number of benzene rings is 2. The SMILES string of the molecule is C[C@@H](OC(=O)c1cccc(F)c1)C(=O)c1ccc(F)cc1. The van der Waals surface area contributed by atoms with Crippen molar-refractivity contribution in [1.82, 2.24) is 0 Å². The van der Waals surface area contributed by atoms with E-state index in [1.54, 1.807) is 0 Å². The monoisotopic (exact) mass is 290 g/mol. The summed E-state index contributed by atoms with van der Waals surface area (Å²) in [4.78, 5) is 23.8. The number of ether oxygens (including phenoxy) is 1. The Morgan fingerprint density at radius 2 is 1.62 bits per heavy atom. The van der Waals surface area contributed by atoms with E-state index in [0.29, 0.717) is 0 Å². The smallest absolute Gasteiger partial charge is 0.338 e. The maximum Gasteiger partial charge on any atom is 0.338 e. The normalized spacial score (nSPS) is 11.8. The predicted molar refractivity (Wildman–Crippen MR) is 72.0 cm³/mol. The average Bonchev–Trinajstić information content (AvgIpc) is 2.47. The Hall–Kier alpha value is -2.56. The molecule has 21 heavy (non-hydrogen) atoms. The third kappa shape index (κ3) is 3.72. The minimum absolute atomic E-state index is 0.0220. The third-order valence-corrected chi connectivity index (χ3v) is 2.84. The number of rotatable bonds is 4. The first-order valence-corrected chi connectivity index (χ1v) is 6.23. The van der Waals surface area contributed by atoms with E-state index in [1.165, 1.54) is 37.3 Å². The maximum absolute atomic E-state index is 13.0. The third-order valence-electron chi connectivity index (χ3n) is 2.84. The Morgan fingerprint density at radius 1 is 0.952 bits per heavy atom. The van der Waals surface area contributed by atoms with Gasteiger partial charge in [0, 0.05) is 5.56 Å². The summed E-state index contributed by atoms with van der Waals surface area (Å²) < 4.78 is 30.8. The Balaban J connectivity index is 2.07. The molecule has 0 amide bonds. The minimum Gasteiger partial charge on any atom is -0.451 e. The van der Waals surface area contributed by atoms with Crippen molar-refractivity contribution >= 4 is 11.8 Å². The van der Waals surface area contributed by atoms with Gasteiger partial charge in [-0.15, -0.1) is 0 Å². The van der Waals surface area contributed by atoms with Crippen molar-refractivity contribution in [2.45, 2.75) is 13.0 Å². The molecule has 0 heterocycles. The van der Waals surface area contributed by atoms with Crippen molar-refractivity contribution < 1.29 is 23.1 Å². The van der Waals surface area contributed by atoms with Crippen LogP contribution in [0.4, 0.5) is 8.78 Å². The average molecular weight is 290 g/mol. The molecule has 0 spiro atoms. The van der Waals surface area contributed by atoms with Crippen molar-refractivity contribution in [2.24, 2.45) is 0 Å². The fraction of sp³-hybridized carbons (Fsp3) is 0.125. The second-order valence-electron chi connectivity index (χ2n) is 4.43. The van der Waals surface area contributed by atoms with Crippen LogP contribution in [0, 0.1) is 11.6 Å². The number of hydrogen-bond acceptors (Lipinski definition) is 3. The largest absolute Gasteiger partial charge is 0.451 e. The molecule has 2 aromatic carbocycles. The molecule has 3 nitrogen and oxygen atoms in total. The van der Waals surface area contributed by atoms with Crippen LogP contribution in [0.1, 0.15) is 27.6 Å². The highest BCUT2D eigenvalue weighted by atomic mass is 19.1. The van der Waals surface area contributed by atoms with Crippen LogP contribution in [0.15, 0.2) is 48.5 Å². The van der Waals surface area contributed by atoms with Crippen LogP contribution in [0.3, 0.4) is 0 Å². The van der Waals surface area contributed by atoms with Crippen LogP contribution in [0.25, 0.3) is 0 Å². The zero-order valence-corrected chi connectivity index (χ0v) is 11.2. The molecular weight excluding hydrogens is 278 g/mol. The van der Waals surface area contributed by atoms with Gasteiger partial charge in [0.2, 0.25) is 5.78 Å². The fourth-order valence-electron chi connectivity index (χ4n) is 1.75. The molecule has 0 aliphatic heterocycles. The summed E-state index contributed by atoms with van der Waals surface area (Å²) in [5, 5.41) is 0. The Kier molecular flexibility index (Phi) is 4.42. The molecule has 2 rings (SSSR count). The van der Waals surface area contributed by atoms with Gasteiger partial charge < -0.3 is 4.74 Å². The van der Waals surface area contributed by atoms with Crippen LogP contribution in [-0.4, -0.2) is 17.9 Å². The molecule has 0 aromatic heterocycles. The van der Waals surface area contributed by atoms with E-state index in [4.69, 9.17) is 4.74 Å². The van der Waals surface area contributed by atoms with Gasteiger partial charge in [0.1, 0.15) is 11.6 Å². The molecule has 0 fully saturated rings. The molecule has 2 aromatic rings. The molecule has 0 N–H and O–H groups in total. The molecule has 5 heteroatoms. The van der Waals surface area contributed by atoms with E-state index in [0.717, 1.165) is 18.2 Å². The highest BCUT2D eigenvalue weighted by Gasteiger charge is 2.20. The molecule has 1 atom stereocenters. The quantitative estimate of drug-likeness (QED) is 0.640. The second kappa shape index (κ2) is 6.26. The number of carbonyl (C=O) groups is 2. The van der Waals surface area contributed by atoms with Crippen molar-refractivity contribution in [3.63, 3.8) is 0 Å². The van der Waals surface area contributed by atoms with Crippen LogP contribution in [-0.2, 0) is 4.74 Å². The van der Waals surface area contributed by atoms with E-state index in [9.17, 15) is 18.4 Å². The first-order valence-electron chi connectivity index (χ1n) is 6.23. The molecule has 0 unspecified atom stereocenters. The van der Waals surface area contributed by atoms with Gasteiger partial charge in [-0.25, -0.2) is 13.6 Å². The fourth-order valence-corrected chi connectivity index (χ4v) is 1.75. The van der Waals surface area contributed by atoms with E-state index >= 15 is 0 Å². The number of carbonyl (C=O) groups excluding carboxylic acids is 2. The first-order chi connectivity index (χ1) is 9.97. The molecule has 0 aliphatic rings. The summed E-state index contributed by atoms with van der Waals surface area (Å²) in [7, 11) is 0. The summed E-state index contributed by atoms with van der Waals surface area (Å²) in [6.07, 6.45) is -1.05.